The first-order chi connectivity index (χ1) is 12.9. The molecule has 0 fully saturated rings. The number of nitrogens with zero attached hydrogens (tertiary/aromatic N) is 2. The number of hydrogen-bond donors (Lipinski definition) is 0. The Morgan fingerprint density at radius 2 is 1.78 bits per heavy atom. The van der Waals surface area contributed by atoms with Gasteiger partial charge in [-0.15, -0.1) is 0 Å². The number of hydrogen-bond acceptors (Lipinski definition) is 6. The molecular weight excluding hydrogens is 359 g/mol. The second-order valence-electron chi connectivity index (χ2n) is 5.78. The number of ketones is 1. The molecule has 1 aliphatic carbocycles. The Hall–Kier alpha value is -3.20. The Morgan fingerprint density at radius 1 is 1.11 bits per heavy atom. The molecule has 2 bridgehead atoms. The number of halogens is 1. The Balaban J connectivity index is 2.02. The van der Waals surface area contributed by atoms with E-state index in [4.69, 9.17) is 14.2 Å². The van der Waals surface area contributed by atoms with Gasteiger partial charge in [-0.25, -0.2) is 14.0 Å². The number of methoxy groups -OCH3 is 2. The molecule has 0 unspecified atom stereocenters. The maximum atomic E-state index is 13.1. The summed E-state index contributed by atoms with van der Waals surface area (Å²) in [7, 11) is 2.27. The summed E-state index contributed by atoms with van der Waals surface area (Å²) in [6, 6.07) is 4.73. The molecule has 0 spiro atoms. The lowest BCUT2D eigenvalue weighted by atomic mass is 10.1. The first-order valence-electron chi connectivity index (χ1n) is 7.98. The highest BCUT2D eigenvalue weighted by atomic mass is 19.1. The normalized spacial score (nSPS) is 23.4. The summed E-state index contributed by atoms with van der Waals surface area (Å²) < 4.78 is 28.4. The first-order valence-corrected chi connectivity index (χ1v) is 7.98. The third-order valence-electron chi connectivity index (χ3n) is 4.21. The third-order valence-corrected chi connectivity index (χ3v) is 4.21. The summed E-state index contributed by atoms with van der Waals surface area (Å²) >= 11 is 0. The fourth-order valence-corrected chi connectivity index (χ4v) is 2.87. The summed E-state index contributed by atoms with van der Waals surface area (Å²) in [5, 5.41) is 1.73. The minimum Gasteiger partial charge on any atom is -0.451 e. The highest BCUT2D eigenvalue weighted by Gasteiger charge is 2.55. The van der Waals surface area contributed by atoms with Crippen LogP contribution in [-0.2, 0) is 25.6 Å². The molecule has 142 valence electrons. The molecule has 1 aromatic rings. The maximum Gasteiger partial charge on any atom is 0.432 e. The van der Waals surface area contributed by atoms with Gasteiger partial charge in [0, 0.05) is 0 Å². The number of fused-ring (bicyclic) bond motifs is 2. The molecule has 0 saturated carbocycles. The maximum absolute atomic E-state index is 13.1. The van der Waals surface area contributed by atoms with Gasteiger partial charge in [0.2, 0.25) is 11.5 Å². The molecule has 0 radical (unpaired) electrons. The van der Waals surface area contributed by atoms with Gasteiger partial charge in [-0.3, -0.25) is 4.79 Å². The monoisotopic (exact) mass is 376 g/mol. The second-order valence-corrected chi connectivity index (χ2v) is 5.78. The van der Waals surface area contributed by atoms with Crippen molar-refractivity contribution in [3.8, 4) is 0 Å². The number of carbonyl (C=O) groups is 3. The van der Waals surface area contributed by atoms with Crippen molar-refractivity contribution in [2.45, 2.75) is 18.4 Å². The Labute approximate surface area is 154 Å². The molecular formula is C18H17FN2O6. The Kier molecular flexibility index (Phi) is 4.95. The van der Waals surface area contributed by atoms with E-state index in [1.54, 1.807) is 6.08 Å². The summed E-state index contributed by atoms with van der Waals surface area (Å²) in [6.07, 6.45) is 3.76. The van der Waals surface area contributed by atoms with Gasteiger partial charge in [-0.05, 0) is 29.8 Å². The van der Waals surface area contributed by atoms with Crippen LogP contribution in [0, 0.1) is 5.82 Å². The molecule has 2 atom stereocenters. The molecule has 4 rings (SSSR count). The Bertz CT molecular complexity index is 822. The molecule has 2 heterocycles. The molecule has 3 aliphatic rings. The summed E-state index contributed by atoms with van der Waals surface area (Å²) in [5.41, 5.74) is -1.38. The molecule has 0 N–H and O–H groups in total. The zero-order chi connectivity index (χ0) is 19.6. The lowest BCUT2D eigenvalue weighted by Crippen LogP contribution is -2.67. The van der Waals surface area contributed by atoms with Crippen LogP contribution in [0.2, 0.25) is 0 Å². The third kappa shape index (κ3) is 3.17. The fourth-order valence-electron chi connectivity index (χ4n) is 2.87. The number of hydrazine groups is 1. The quantitative estimate of drug-likeness (QED) is 0.752. The van der Waals surface area contributed by atoms with Crippen LogP contribution in [0.25, 0.3) is 0 Å². The van der Waals surface area contributed by atoms with E-state index in [2.05, 4.69) is 0 Å². The number of carbonyl (C=O) groups excluding carboxylic acids is 3. The van der Waals surface area contributed by atoms with E-state index in [1.165, 1.54) is 42.5 Å². The highest BCUT2D eigenvalue weighted by molar-refractivity contribution is 6.02. The zero-order valence-corrected chi connectivity index (χ0v) is 14.6. The van der Waals surface area contributed by atoms with Crippen LogP contribution in [0.4, 0.5) is 14.0 Å². The highest BCUT2D eigenvalue weighted by Crippen LogP contribution is 2.35. The molecule has 8 nitrogen and oxygen atoms in total. The smallest absolute Gasteiger partial charge is 0.432 e. The van der Waals surface area contributed by atoms with E-state index in [1.807, 2.05) is 0 Å². The minimum absolute atomic E-state index is 0.128. The van der Waals surface area contributed by atoms with Gasteiger partial charge in [-0.1, -0.05) is 24.3 Å². The predicted octanol–water partition coefficient (Wildman–Crippen LogP) is 2.17. The van der Waals surface area contributed by atoms with Gasteiger partial charge in [0.25, 0.3) is 0 Å². The van der Waals surface area contributed by atoms with Crippen molar-refractivity contribution in [1.82, 2.24) is 10.0 Å². The molecule has 1 aromatic carbocycles. The Morgan fingerprint density at radius 3 is 2.41 bits per heavy atom. The first kappa shape index (κ1) is 18.6. The lowest BCUT2D eigenvalue weighted by Gasteiger charge is -2.46. The molecule has 0 aromatic heterocycles. The van der Waals surface area contributed by atoms with Crippen LogP contribution in [-0.4, -0.2) is 54.0 Å². The van der Waals surface area contributed by atoms with Crippen LogP contribution in [0.5, 0.6) is 0 Å². The van der Waals surface area contributed by atoms with Crippen molar-refractivity contribution in [1.29, 1.82) is 0 Å². The van der Waals surface area contributed by atoms with Crippen molar-refractivity contribution < 1.29 is 33.0 Å². The van der Waals surface area contributed by atoms with Gasteiger partial charge in [0.15, 0.2) is 0 Å². The molecule has 9 heteroatoms. The average Bonchev–Trinajstić information content (AvgIpc) is 2.92. The molecule has 0 saturated heterocycles. The summed E-state index contributed by atoms with van der Waals surface area (Å²) in [4.78, 5) is 37.5. The van der Waals surface area contributed by atoms with Crippen molar-refractivity contribution in [2.75, 3.05) is 14.2 Å². The largest absolute Gasteiger partial charge is 0.451 e. The van der Waals surface area contributed by atoms with Gasteiger partial charge in [0.1, 0.15) is 5.82 Å². The average molecular weight is 376 g/mol. The van der Waals surface area contributed by atoms with Gasteiger partial charge in [0.05, 0.1) is 26.9 Å². The number of ether oxygens (including phenoxy) is 3. The zero-order valence-electron chi connectivity index (χ0n) is 14.6. The van der Waals surface area contributed by atoms with Crippen LogP contribution >= 0.6 is 0 Å². The fraction of sp³-hybridized carbons (Fsp3) is 0.278. The van der Waals surface area contributed by atoms with Gasteiger partial charge >= 0.3 is 12.2 Å². The van der Waals surface area contributed by atoms with Gasteiger partial charge in [-0.2, -0.15) is 10.0 Å². The van der Waals surface area contributed by atoms with Crippen molar-refractivity contribution >= 4 is 18.0 Å². The van der Waals surface area contributed by atoms with E-state index >= 15 is 0 Å². The van der Waals surface area contributed by atoms with Crippen LogP contribution in [0.1, 0.15) is 5.56 Å². The number of rotatable bonds is 3. The minimum atomic E-state index is -1.95. The van der Waals surface area contributed by atoms with Crippen LogP contribution in [0.3, 0.4) is 0 Å². The summed E-state index contributed by atoms with van der Waals surface area (Å²) in [5.74, 6) is -1.00. The van der Waals surface area contributed by atoms with E-state index in [-0.39, 0.29) is 6.61 Å². The van der Waals surface area contributed by atoms with E-state index in [0.29, 0.717) is 5.56 Å². The van der Waals surface area contributed by atoms with E-state index in [0.717, 1.165) is 24.2 Å². The van der Waals surface area contributed by atoms with E-state index < -0.39 is 35.6 Å². The van der Waals surface area contributed by atoms with E-state index in [9.17, 15) is 18.8 Å². The molecule has 2 aliphatic heterocycles. The van der Waals surface area contributed by atoms with Crippen molar-refractivity contribution in [3.63, 3.8) is 0 Å². The lowest BCUT2D eigenvalue weighted by molar-refractivity contribution is -0.194. The number of amides is 2. The topological polar surface area (TPSA) is 85.4 Å². The van der Waals surface area contributed by atoms with Crippen LogP contribution < -0.4 is 0 Å². The molecule has 2 amide bonds. The SMILES string of the molecule is COC(=O)N1[C@H]2C=CC(=O)[C@](OCc3ccc(F)cc3)(C=C2)N1C(=O)OC. The van der Waals surface area contributed by atoms with Crippen LogP contribution in [0.15, 0.2) is 48.6 Å². The molecule has 27 heavy (non-hydrogen) atoms. The second kappa shape index (κ2) is 7.20. The van der Waals surface area contributed by atoms with Crippen molar-refractivity contribution in [3.05, 3.63) is 60.0 Å². The predicted molar refractivity (Wildman–Crippen MR) is 89.5 cm³/mol. The van der Waals surface area contributed by atoms with Crippen molar-refractivity contribution in [2.24, 2.45) is 0 Å². The summed E-state index contributed by atoms with van der Waals surface area (Å²) in [6.45, 7) is -0.128. The number of benzene rings is 1. The standard InChI is InChI=1S/C18H17FN2O6/c1-25-16(23)20-14-7-8-15(22)18(10-9-14,21(20)17(24)26-2)27-11-12-3-5-13(19)6-4-12/h3-10,14H,11H2,1-2H3/t14-,18+/m0/s1. The van der Waals surface area contributed by atoms with Gasteiger partial charge < -0.3 is 14.2 Å².